The summed E-state index contributed by atoms with van der Waals surface area (Å²) in [5, 5.41) is 6.71. The van der Waals surface area contributed by atoms with Crippen molar-refractivity contribution in [3.05, 3.63) is 35.1 Å². The maximum Gasteiger partial charge on any atom is 0.225 e. The molecule has 5 nitrogen and oxygen atoms in total. The van der Waals surface area contributed by atoms with Gasteiger partial charge in [-0.25, -0.2) is 9.38 Å². The average molecular weight is 389 g/mol. The van der Waals surface area contributed by atoms with Gasteiger partial charge in [-0.3, -0.25) is 4.79 Å². The minimum atomic E-state index is -0.196. The van der Waals surface area contributed by atoms with Gasteiger partial charge in [0.1, 0.15) is 5.82 Å². The predicted molar refractivity (Wildman–Crippen MR) is 111 cm³/mol. The second-order valence-corrected chi connectivity index (χ2v) is 8.03. The molecular formula is C22H33FN4O. The molecule has 28 heavy (non-hydrogen) atoms. The first-order chi connectivity index (χ1) is 13.6. The molecule has 0 bridgehead atoms. The number of hydrogen-bond acceptors (Lipinski definition) is 2. The van der Waals surface area contributed by atoms with Crippen LogP contribution in [0.5, 0.6) is 0 Å². The molecule has 1 aliphatic heterocycles. The number of carbonyl (C=O) groups is 1. The fraction of sp³-hybridized carbons (Fsp3) is 0.636. The summed E-state index contributed by atoms with van der Waals surface area (Å²) in [7, 11) is 0. The fourth-order valence-electron chi connectivity index (χ4n) is 4.10. The zero-order valence-corrected chi connectivity index (χ0v) is 17.1. The molecular weight excluding hydrogens is 355 g/mol. The van der Waals surface area contributed by atoms with Gasteiger partial charge in [-0.1, -0.05) is 31.4 Å². The van der Waals surface area contributed by atoms with E-state index in [4.69, 9.17) is 0 Å². The van der Waals surface area contributed by atoms with Gasteiger partial charge in [0.05, 0.1) is 6.54 Å². The third kappa shape index (κ3) is 5.46. The van der Waals surface area contributed by atoms with Crippen LogP contribution in [-0.2, 0) is 11.3 Å². The first-order valence-corrected chi connectivity index (χ1v) is 10.7. The number of guanidine groups is 1. The van der Waals surface area contributed by atoms with Crippen LogP contribution in [0.15, 0.2) is 23.2 Å². The van der Waals surface area contributed by atoms with E-state index in [0.29, 0.717) is 18.0 Å². The number of likely N-dealkylation sites (tertiary alicyclic amines) is 1. The van der Waals surface area contributed by atoms with Gasteiger partial charge in [0.2, 0.25) is 5.91 Å². The standard InChI is InChI=1S/C22H33FN4O/c1-3-24-22(25-14-17-10-9-16(2)20(23)13-17)26-19-11-12-27(15-19)21(28)18-7-5-4-6-8-18/h9-10,13,18-19H,3-8,11-12,14-15H2,1-2H3,(H2,24,25,26). The highest BCUT2D eigenvalue weighted by Gasteiger charge is 2.31. The quantitative estimate of drug-likeness (QED) is 0.601. The van der Waals surface area contributed by atoms with Crippen LogP contribution < -0.4 is 10.6 Å². The molecule has 1 aromatic rings. The molecule has 0 radical (unpaired) electrons. The molecule has 154 valence electrons. The van der Waals surface area contributed by atoms with Crippen LogP contribution in [-0.4, -0.2) is 42.4 Å². The van der Waals surface area contributed by atoms with E-state index in [9.17, 15) is 9.18 Å². The molecule has 1 saturated carbocycles. The van der Waals surface area contributed by atoms with E-state index in [1.807, 2.05) is 17.9 Å². The first kappa shape index (κ1) is 20.6. The molecule has 2 aliphatic rings. The Bertz CT molecular complexity index is 700. The molecule has 1 heterocycles. The number of aryl methyl sites for hydroxylation is 1. The van der Waals surface area contributed by atoms with Crippen molar-refractivity contribution in [2.24, 2.45) is 10.9 Å². The highest BCUT2D eigenvalue weighted by Crippen LogP contribution is 2.26. The maximum absolute atomic E-state index is 13.7. The van der Waals surface area contributed by atoms with Gasteiger partial charge in [-0.05, 0) is 50.3 Å². The number of rotatable bonds is 5. The minimum Gasteiger partial charge on any atom is -0.357 e. The number of nitrogens with one attached hydrogen (secondary N) is 2. The molecule has 1 unspecified atom stereocenters. The second kappa shape index (κ2) is 9.89. The smallest absolute Gasteiger partial charge is 0.225 e. The summed E-state index contributed by atoms with van der Waals surface area (Å²) in [6, 6.07) is 5.44. The number of carbonyl (C=O) groups excluding carboxylic acids is 1. The monoisotopic (exact) mass is 388 g/mol. The van der Waals surface area contributed by atoms with Gasteiger partial charge < -0.3 is 15.5 Å². The van der Waals surface area contributed by atoms with Crippen LogP contribution in [0.4, 0.5) is 4.39 Å². The van der Waals surface area contributed by atoms with E-state index in [1.54, 1.807) is 19.1 Å². The van der Waals surface area contributed by atoms with E-state index in [2.05, 4.69) is 15.6 Å². The Balaban J connectivity index is 1.55. The van der Waals surface area contributed by atoms with Gasteiger partial charge in [0.15, 0.2) is 5.96 Å². The summed E-state index contributed by atoms with van der Waals surface area (Å²) < 4.78 is 13.7. The van der Waals surface area contributed by atoms with Crippen molar-refractivity contribution in [3.63, 3.8) is 0 Å². The molecule has 1 aromatic carbocycles. The Hall–Kier alpha value is -2.11. The Morgan fingerprint density at radius 1 is 1.25 bits per heavy atom. The molecule has 2 fully saturated rings. The van der Waals surface area contributed by atoms with E-state index in [-0.39, 0.29) is 17.8 Å². The van der Waals surface area contributed by atoms with Crippen molar-refractivity contribution in [1.29, 1.82) is 0 Å². The zero-order valence-electron chi connectivity index (χ0n) is 17.1. The van der Waals surface area contributed by atoms with Gasteiger partial charge in [-0.2, -0.15) is 0 Å². The summed E-state index contributed by atoms with van der Waals surface area (Å²) >= 11 is 0. The van der Waals surface area contributed by atoms with Crippen molar-refractivity contribution < 1.29 is 9.18 Å². The van der Waals surface area contributed by atoms with E-state index in [1.165, 1.54) is 19.3 Å². The lowest BCUT2D eigenvalue weighted by molar-refractivity contribution is -0.135. The third-order valence-corrected chi connectivity index (χ3v) is 5.80. The number of amides is 1. The molecule has 1 atom stereocenters. The van der Waals surface area contributed by atoms with E-state index < -0.39 is 0 Å². The maximum atomic E-state index is 13.7. The average Bonchev–Trinajstić information content (AvgIpc) is 3.17. The molecule has 2 N–H and O–H groups in total. The summed E-state index contributed by atoms with van der Waals surface area (Å²) in [5.74, 6) is 1.09. The highest BCUT2D eigenvalue weighted by molar-refractivity contribution is 5.81. The van der Waals surface area contributed by atoms with E-state index in [0.717, 1.165) is 50.4 Å². The van der Waals surface area contributed by atoms with Crippen molar-refractivity contribution in [1.82, 2.24) is 15.5 Å². The van der Waals surface area contributed by atoms with Gasteiger partial charge in [0.25, 0.3) is 0 Å². The fourth-order valence-corrected chi connectivity index (χ4v) is 4.10. The van der Waals surface area contributed by atoms with Crippen molar-refractivity contribution >= 4 is 11.9 Å². The number of halogens is 1. The lowest BCUT2D eigenvalue weighted by Gasteiger charge is -2.26. The molecule has 0 spiro atoms. The lowest BCUT2D eigenvalue weighted by Crippen LogP contribution is -2.45. The zero-order chi connectivity index (χ0) is 19.9. The summed E-state index contributed by atoms with van der Waals surface area (Å²) in [5.41, 5.74) is 1.49. The molecule has 3 rings (SSSR count). The molecule has 1 aliphatic carbocycles. The molecule has 1 saturated heterocycles. The molecule has 1 amide bonds. The summed E-state index contributed by atoms with van der Waals surface area (Å²) in [4.78, 5) is 19.4. The highest BCUT2D eigenvalue weighted by atomic mass is 19.1. The van der Waals surface area contributed by atoms with Crippen molar-refractivity contribution in [2.45, 2.75) is 65.0 Å². The van der Waals surface area contributed by atoms with Gasteiger partial charge in [-0.15, -0.1) is 0 Å². The van der Waals surface area contributed by atoms with E-state index >= 15 is 0 Å². The van der Waals surface area contributed by atoms with Crippen LogP contribution in [0.1, 0.15) is 56.6 Å². The van der Waals surface area contributed by atoms with Crippen molar-refractivity contribution in [3.8, 4) is 0 Å². The summed E-state index contributed by atoms with van der Waals surface area (Å²) in [6.07, 6.45) is 6.66. The number of aliphatic imine (C=N–C) groups is 1. The summed E-state index contributed by atoms with van der Waals surface area (Å²) in [6.45, 7) is 6.51. The predicted octanol–water partition coefficient (Wildman–Crippen LogP) is 3.37. The third-order valence-electron chi connectivity index (χ3n) is 5.80. The first-order valence-electron chi connectivity index (χ1n) is 10.7. The topological polar surface area (TPSA) is 56.7 Å². The minimum absolute atomic E-state index is 0.196. The Labute approximate surface area is 167 Å². The normalized spacial score (nSPS) is 21.0. The lowest BCUT2D eigenvalue weighted by atomic mass is 9.88. The molecule has 0 aromatic heterocycles. The van der Waals surface area contributed by atoms with Crippen LogP contribution in [0, 0.1) is 18.7 Å². The van der Waals surface area contributed by atoms with Crippen molar-refractivity contribution in [2.75, 3.05) is 19.6 Å². The van der Waals surface area contributed by atoms with Crippen LogP contribution in [0.2, 0.25) is 0 Å². The molecule has 6 heteroatoms. The van der Waals surface area contributed by atoms with Gasteiger partial charge in [0, 0.05) is 31.6 Å². The number of nitrogens with zero attached hydrogens (tertiary/aromatic N) is 2. The Kier molecular flexibility index (Phi) is 7.29. The number of hydrogen-bond donors (Lipinski definition) is 2. The largest absolute Gasteiger partial charge is 0.357 e. The van der Waals surface area contributed by atoms with Crippen LogP contribution in [0.3, 0.4) is 0 Å². The Morgan fingerprint density at radius 2 is 2.04 bits per heavy atom. The number of benzene rings is 1. The second-order valence-electron chi connectivity index (χ2n) is 8.03. The van der Waals surface area contributed by atoms with Crippen LogP contribution >= 0.6 is 0 Å². The Morgan fingerprint density at radius 3 is 2.75 bits per heavy atom. The SMILES string of the molecule is CCNC(=NCc1ccc(C)c(F)c1)NC1CCN(C(=O)C2CCCCC2)C1. The van der Waals surface area contributed by atoms with Gasteiger partial charge >= 0.3 is 0 Å². The van der Waals surface area contributed by atoms with Crippen LogP contribution in [0.25, 0.3) is 0 Å².